The number of ether oxygens (including phenoxy) is 1. The van der Waals surface area contributed by atoms with E-state index in [1.54, 1.807) is 11.3 Å². The third-order valence-electron chi connectivity index (χ3n) is 2.46. The molecule has 2 aromatic rings. The zero-order chi connectivity index (χ0) is 13.1. The third kappa shape index (κ3) is 3.57. The normalized spacial score (nSPS) is 12.4. The summed E-state index contributed by atoms with van der Waals surface area (Å²) in [5, 5.41) is 0. The van der Waals surface area contributed by atoms with Gasteiger partial charge >= 0.3 is 0 Å². The van der Waals surface area contributed by atoms with E-state index in [1.165, 1.54) is 4.88 Å². The van der Waals surface area contributed by atoms with Gasteiger partial charge in [0.2, 0.25) is 0 Å². The van der Waals surface area contributed by atoms with E-state index < -0.39 is 0 Å². The van der Waals surface area contributed by atoms with Crippen LogP contribution < -0.4 is 10.5 Å². The molecule has 0 fully saturated rings. The summed E-state index contributed by atoms with van der Waals surface area (Å²) in [4.78, 5) is 1.18. The van der Waals surface area contributed by atoms with E-state index in [0.717, 1.165) is 19.6 Å². The summed E-state index contributed by atoms with van der Waals surface area (Å²) in [6, 6.07) is 9.97. The zero-order valence-electron chi connectivity index (χ0n) is 9.82. The van der Waals surface area contributed by atoms with Gasteiger partial charge in [0.1, 0.15) is 12.4 Å². The highest BCUT2D eigenvalue weighted by molar-refractivity contribution is 9.11. The van der Waals surface area contributed by atoms with Gasteiger partial charge in [0.25, 0.3) is 0 Å². The van der Waals surface area contributed by atoms with E-state index in [-0.39, 0.29) is 6.04 Å². The molecule has 0 aliphatic carbocycles. The van der Waals surface area contributed by atoms with Crippen LogP contribution in [0.25, 0.3) is 0 Å². The fourth-order valence-corrected chi connectivity index (χ4v) is 3.32. The van der Waals surface area contributed by atoms with E-state index in [0.29, 0.717) is 6.61 Å². The number of hydrogen-bond donors (Lipinski definition) is 1. The summed E-state index contributed by atoms with van der Waals surface area (Å²) in [7, 11) is 0. The van der Waals surface area contributed by atoms with E-state index in [1.807, 2.05) is 31.2 Å². The molecular weight excluding hydrogens is 378 g/mol. The second kappa shape index (κ2) is 6.19. The van der Waals surface area contributed by atoms with Gasteiger partial charge in [-0.2, -0.15) is 0 Å². The van der Waals surface area contributed by atoms with Crippen molar-refractivity contribution < 1.29 is 4.74 Å². The molecule has 2 N–H and O–H groups in total. The maximum atomic E-state index is 5.94. The van der Waals surface area contributed by atoms with Crippen molar-refractivity contribution in [3.8, 4) is 5.75 Å². The standard InChI is InChI=1S/C13H13Br2NOS/c1-8(16)11-4-2-9(14)6-12(11)17-7-10-3-5-13(15)18-10/h2-6,8H,7,16H2,1H3. The second-order valence-electron chi connectivity index (χ2n) is 3.97. The van der Waals surface area contributed by atoms with E-state index in [4.69, 9.17) is 10.5 Å². The predicted molar refractivity (Wildman–Crippen MR) is 83.1 cm³/mol. The lowest BCUT2D eigenvalue weighted by molar-refractivity contribution is 0.305. The molecule has 96 valence electrons. The van der Waals surface area contributed by atoms with Gasteiger partial charge in [-0.05, 0) is 47.1 Å². The second-order valence-corrected chi connectivity index (χ2v) is 7.43. The van der Waals surface area contributed by atoms with Crippen LogP contribution in [0.3, 0.4) is 0 Å². The van der Waals surface area contributed by atoms with Crippen molar-refractivity contribution in [2.45, 2.75) is 19.6 Å². The van der Waals surface area contributed by atoms with Crippen molar-refractivity contribution in [3.63, 3.8) is 0 Å². The molecule has 2 nitrogen and oxygen atoms in total. The van der Waals surface area contributed by atoms with Gasteiger partial charge in [-0.15, -0.1) is 11.3 Å². The molecular formula is C13H13Br2NOS. The fourth-order valence-electron chi connectivity index (χ4n) is 1.59. The zero-order valence-corrected chi connectivity index (χ0v) is 13.8. The topological polar surface area (TPSA) is 35.2 Å². The van der Waals surface area contributed by atoms with Gasteiger partial charge < -0.3 is 10.5 Å². The Morgan fingerprint density at radius 2 is 2.06 bits per heavy atom. The molecule has 0 spiro atoms. The van der Waals surface area contributed by atoms with Gasteiger partial charge in [-0.1, -0.05) is 22.0 Å². The van der Waals surface area contributed by atoms with Crippen molar-refractivity contribution in [1.82, 2.24) is 0 Å². The third-order valence-corrected chi connectivity index (χ3v) is 4.56. The summed E-state index contributed by atoms with van der Waals surface area (Å²) in [6.07, 6.45) is 0. The van der Waals surface area contributed by atoms with Gasteiger partial charge in [-0.25, -0.2) is 0 Å². The van der Waals surface area contributed by atoms with Crippen LogP contribution in [0.2, 0.25) is 0 Å². The Bertz CT molecular complexity index is 540. The van der Waals surface area contributed by atoms with Crippen molar-refractivity contribution in [2.24, 2.45) is 5.73 Å². The number of halogens is 2. The lowest BCUT2D eigenvalue weighted by atomic mass is 10.1. The smallest absolute Gasteiger partial charge is 0.125 e. The lowest BCUT2D eigenvalue weighted by Crippen LogP contribution is -2.07. The van der Waals surface area contributed by atoms with Gasteiger partial charge in [0, 0.05) is 21.0 Å². The first kappa shape index (κ1) is 14.1. The highest BCUT2D eigenvalue weighted by atomic mass is 79.9. The Labute approximate surface area is 127 Å². The summed E-state index contributed by atoms with van der Waals surface area (Å²) in [6.45, 7) is 2.52. The van der Waals surface area contributed by atoms with E-state index in [2.05, 4.69) is 37.9 Å². The lowest BCUT2D eigenvalue weighted by Gasteiger charge is -2.14. The first-order valence-corrected chi connectivity index (χ1v) is 7.88. The van der Waals surface area contributed by atoms with Crippen LogP contribution in [0, 0.1) is 0 Å². The molecule has 1 aromatic carbocycles. The molecule has 2 rings (SSSR count). The van der Waals surface area contributed by atoms with E-state index >= 15 is 0 Å². The Morgan fingerprint density at radius 1 is 1.28 bits per heavy atom. The van der Waals surface area contributed by atoms with Crippen molar-refractivity contribution in [3.05, 3.63) is 49.0 Å². The monoisotopic (exact) mass is 389 g/mol. The average Bonchev–Trinajstić information content (AvgIpc) is 2.72. The van der Waals surface area contributed by atoms with Crippen molar-refractivity contribution in [1.29, 1.82) is 0 Å². The summed E-state index contributed by atoms with van der Waals surface area (Å²) < 4.78 is 7.97. The fraction of sp³-hybridized carbons (Fsp3) is 0.231. The van der Waals surface area contributed by atoms with Crippen LogP contribution in [0.4, 0.5) is 0 Å². The molecule has 0 saturated heterocycles. The number of nitrogens with two attached hydrogens (primary N) is 1. The SMILES string of the molecule is CC(N)c1ccc(Br)cc1OCc1ccc(Br)s1. The minimum atomic E-state index is -0.0387. The maximum Gasteiger partial charge on any atom is 0.125 e. The Balaban J connectivity index is 2.15. The van der Waals surface area contributed by atoms with Crippen molar-refractivity contribution >= 4 is 43.2 Å². The molecule has 1 aromatic heterocycles. The molecule has 0 amide bonds. The molecule has 1 unspecified atom stereocenters. The summed E-state index contributed by atoms with van der Waals surface area (Å²) in [5.74, 6) is 0.837. The van der Waals surface area contributed by atoms with Gasteiger partial charge in [-0.3, -0.25) is 0 Å². The predicted octanol–water partition coefficient (Wildman–Crippen LogP) is 4.87. The van der Waals surface area contributed by atoms with Crippen LogP contribution in [-0.4, -0.2) is 0 Å². The highest BCUT2D eigenvalue weighted by Gasteiger charge is 2.09. The van der Waals surface area contributed by atoms with Crippen LogP contribution in [0.5, 0.6) is 5.75 Å². The first-order chi connectivity index (χ1) is 8.56. The van der Waals surface area contributed by atoms with Crippen LogP contribution >= 0.6 is 43.2 Å². The molecule has 0 saturated carbocycles. The van der Waals surface area contributed by atoms with Crippen LogP contribution in [0.1, 0.15) is 23.4 Å². The van der Waals surface area contributed by atoms with Crippen molar-refractivity contribution in [2.75, 3.05) is 0 Å². The quantitative estimate of drug-likeness (QED) is 0.807. The Hall–Kier alpha value is -0.360. The molecule has 0 aliphatic heterocycles. The molecule has 0 aliphatic rings. The molecule has 18 heavy (non-hydrogen) atoms. The van der Waals surface area contributed by atoms with Gasteiger partial charge in [0.15, 0.2) is 0 Å². The molecule has 5 heteroatoms. The minimum absolute atomic E-state index is 0.0387. The molecule has 1 heterocycles. The number of thiophene rings is 1. The minimum Gasteiger partial charge on any atom is -0.488 e. The first-order valence-electron chi connectivity index (χ1n) is 5.48. The molecule has 0 radical (unpaired) electrons. The average molecular weight is 391 g/mol. The van der Waals surface area contributed by atoms with E-state index in [9.17, 15) is 0 Å². The Kier molecular flexibility index (Phi) is 4.84. The summed E-state index contributed by atoms with van der Waals surface area (Å²) >= 11 is 8.57. The highest BCUT2D eigenvalue weighted by Crippen LogP contribution is 2.29. The number of hydrogen-bond acceptors (Lipinski definition) is 3. The largest absolute Gasteiger partial charge is 0.488 e. The van der Waals surface area contributed by atoms with Gasteiger partial charge in [0.05, 0.1) is 3.79 Å². The maximum absolute atomic E-state index is 5.94. The number of rotatable bonds is 4. The molecule has 1 atom stereocenters. The number of benzene rings is 1. The Morgan fingerprint density at radius 3 is 2.67 bits per heavy atom. The van der Waals surface area contributed by atoms with Crippen LogP contribution in [-0.2, 0) is 6.61 Å². The van der Waals surface area contributed by atoms with Crippen LogP contribution in [0.15, 0.2) is 38.6 Å². The molecule has 0 bridgehead atoms. The summed E-state index contributed by atoms with van der Waals surface area (Å²) in [5.41, 5.74) is 6.96.